The van der Waals surface area contributed by atoms with Crippen molar-refractivity contribution >= 4 is 22.8 Å². The lowest BCUT2D eigenvalue weighted by Crippen LogP contribution is -2.15. The Morgan fingerprint density at radius 3 is 2.69 bits per heavy atom. The summed E-state index contributed by atoms with van der Waals surface area (Å²) in [7, 11) is 0. The molecule has 0 aliphatic rings. The van der Waals surface area contributed by atoms with E-state index in [0.717, 1.165) is 5.56 Å². The number of nitrogens with one attached hydrogen (secondary N) is 1. The van der Waals surface area contributed by atoms with Gasteiger partial charge in [-0.3, -0.25) is 9.36 Å². The summed E-state index contributed by atoms with van der Waals surface area (Å²) in [6, 6.07) is 16.0. The van der Waals surface area contributed by atoms with Crippen molar-refractivity contribution in [2.24, 2.45) is 0 Å². The smallest absolute Gasteiger partial charge is 0.408 e. The third-order valence-electron chi connectivity index (χ3n) is 3.98. The molecule has 0 spiro atoms. The van der Waals surface area contributed by atoms with Crippen LogP contribution in [-0.4, -0.2) is 15.6 Å². The van der Waals surface area contributed by atoms with Crippen LogP contribution in [0.1, 0.15) is 21.7 Å². The maximum atomic E-state index is 12.4. The molecule has 1 amide bonds. The molecule has 0 unspecified atom stereocenters. The predicted molar refractivity (Wildman–Crippen MR) is 95.2 cm³/mol. The molecular weight excluding hydrogens is 334 g/mol. The zero-order valence-corrected chi connectivity index (χ0v) is 13.9. The van der Waals surface area contributed by atoms with Gasteiger partial charge in [0.15, 0.2) is 11.4 Å². The number of carbonyl (C=O) groups excluding carboxylic acids is 1. The van der Waals surface area contributed by atoms with Gasteiger partial charge in [-0.1, -0.05) is 35.5 Å². The highest BCUT2D eigenvalue weighted by Gasteiger charge is 2.14. The number of benzene rings is 2. The van der Waals surface area contributed by atoms with Gasteiger partial charge >= 0.3 is 5.76 Å². The second-order valence-electron chi connectivity index (χ2n) is 5.90. The van der Waals surface area contributed by atoms with E-state index in [2.05, 4.69) is 10.5 Å². The fraction of sp³-hybridized carbons (Fsp3) is 0.105. The molecule has 0 saturated heterocycles. The molecule has 4 rings (SSSR count). The highest BCUT2D eigenvalue weighted by atomic mass is 16.5. The van der Waals surface area contributed by atoms with Gasteiger partial charge < -0.3 is 14.3 Å². The minimum absolute atomic E-state index is 0.335. The van der Waals surface area contributed by atoms with Gasteiger partial charge in [0.1, 0.15) is 5.76 Å². The van der Waals surface area contributed by atoms with Crippen molar-refractivity contribution in [1.82, 2.24) is 9.72 Å². The average molecular weight is 349 g/mol. The molecule has 0 bridgehead atoms. The van der Waals surface area contributed by atoms with Crippen LogP contribution >= 0.6 is 0 Å². The van der Waals surface area contributed by atoms with Gasteiger partial charge in [-0.2, -0.15) is 0 Å². The number of aromatic nitrogens is 2. The molecule has 130 valence electrons. The van der Waals surface area contributed by atoms with Crippen LogP contribution in [0.25, 0.3) is 11.1 Å². The minimum Gasteiger partial charge on any atom is -0.408 e. The predicted octanol–water partition coefficient (Wildman–Crippen LogP) is 3.19. The lowest BCUT2D eigenvalue weighted by molar-refractivity contribution is 0.102. The Morgan fingerprint density at radius 1 is 1.15 bits per heavy atom. The number of amides is 1. The maximum Gasteiger partial charge on any atom is 0.420 e. The lowest BCUT2D eigenvalue weighted by Gasteiger charge is -2.04. The number of anilines is 1. The van der Waals surface area contributed by atoms with Crippen molar-refractivity contribution in [2.45, 2.75) is 13.5 Å². The number of fused-ring (bicyclic) bond motifs is 1. The SMILES string of the molecule is Cc1cc(NC(=O)c2ccc3oc(=O)n(Cc4ccccc4)c3c2)no1. The highest BCUT2D eigenvalue weighted by Crippen LogP contribution is 2.18. The number of oxazole rings is 1. The summed E-state index contributed by atoms with van der Waals surface area (Å²) in [6.07, 6.45) is 0. The second kappa shape index (κ2) is 6.36. The van der Waals surface area contributed by atoms with Crippen molar-refractivity contribution in [3.8, 4) is 0 Å². The van der Waals surface area contributed by atoms with Gasteiger partial charge in [0.05, 0.1) is 12.1 Å². The third-order valence-corrected chi connectivity index (χ3v) is 3.98. The Kier molecular flexibility index (Phi) is 3.89. The van der Waals surface area contributed by atoms with Crippen molar-refractivity contribution in [3.63, 3.8) is 0 Å². The molecular formula is C19H15N3O4. The van der Waals surface area contributed by atoms with Crippen LogP contribution in [0.2, 0.25) is 0 Å². The zero-order valence-electron chi connectivity index (χ0n) is 13.9. The molecule has 0 atom stereocenters. The summed E-state index contributed by atoms with van der Waals surface area (Å²) < 4.78 is 11.7. The van der Waals surface area contributed by atoms with Crippen LogP contribution in [0.15, 0.2) is 68.3 Å². The first-order valence-electron chi connectivity index (χ1n) is 8.02. The Hall–Kier alpha value is -3.61. The first-order chi connectivity index (χ1) is 12.6. The molecule has 26 heavy (non-hydrogen) atoms. The molecule has 0 aliphatic heterocycles. The van der Waals surface area contributed by atoms with Gasteiger partial charge in [0.2, 0.25) is 0 Å². The summed E-state index contributed by atoms with van der Waals surface area (Å²) in [5.74, 6) is 0.123. The standard InChI is InChI=1S/C19H15N3O4/c1-12-9-17(21-26-12)20-18(23)14-7-8-16-15(10-14)22(19(24)25-16)11-13-5-3-2-4-6-13/h2-10H,11H2,1H3,(H,20,21,23). The van der Waals surface area contributed by atoms with E-state index in [-0.39, 0.29) is 5.91 Å². The first kappa shape index (κ1) is 15.9. The molecule has 0 saturated carbocycles. The van der Waals surface area contributed by atoms with Gasteiger partial charge in [0.25, 0.3) is 5.91 Å². The summed E-state index contributed by atoms with van der Waals surface area (Å²) in [6.45, 7) is 2.10. The molecule has 2 aromatic heterocycles. The van der Waals surface area contributed by atoms with E-state index in [0.29, 0.717) is 34.8 Å². The second-order valence-corrected chi connectivity index (χ2v) is 5.90. The molecule has 0 fully saturated rings. The molecule has 0 radical (unpaired) electrons. The third kappa shape index (κ3) is 3.02. The van der Waals surface area contributed by atoms with E-state index >= 15 is 0 Å². The highest BCUT2D eigenvalue weighted by molar-refractivity contribution is 6.05. The van der Waals surface area contributed by atoms with Gasteiger partial charge in [-0.25, -0.2) is 4.79 Å². The van der Waals surface area contributed by atoms with Crippen molar-refractivity contribution < 1.29 is 13.7 Å². The van der Waals surface area contributed by atoms with E-state index in [1.807, 2.05) is 30.3 Å². The van der Waals surface area contributed by atoms with Gasteiger partial charge in [-0.05, 0) is 30.7 Å². The molecule has 4 aromatic rings. The molecule has 1 N–H and O–H groups in total. The molecule has 7 heteroatoms. The van der Waals surface area contributed by atoms with E-state index in [9.17, 15) is 9.59 Å². The average Bonchev–Trinajstić information content (AvgIpc) is 3.18. The largest absolute Gasteiger partial charge is 0.420 e. The summed E-state index contributed by atoms with van der Waals surface area (Å²) in [4.78, 5) is 24.6. The molecule has 2 heterocycles. The van der Waals surface area contributed by atoms with E-state index in [4.69, 9.17) is 8.94 Å². The van der Waals surface area contributed by atoms with Crippen molar-refractivity contribution in [1.29, 1.82) is 0 Å². The van der Waals surface area contributed by atoms with E-state index in [1.165, 1.54) is 4.57 Å². The van der Waals surface area contributed by atoms with Crippen molar-refractivity contribution in [3.05, 3.63) is 82.0 Å². The molecule has 2 aromatic carbocycles. The normalized spacial score (nSPS) is 11.0. The number of hydrogen-bond donors (Lipinski definition) is 1. The number of aryl methyl sites for hydroxylation is 1. The number of rotatable bonds is 4. The topological polar surface area (TPSA) is 90.3 Å². The molecule has 0 aliphatic carbocycles. The van der Waals surface area contributed by atoms with Crippen LogP contribution in [0.4, 0.5) is 5.82 Å². The van der Waals surface area contributed by atoms with Crippen molar-refractivity contribution in [2.75, 3.05) is 5.32 Å². The summed E-state index contributed by atoms with van der Waals surface area (Å²) in [5, 5.41) is 6.40. The number of nitrogens with zero attached hydrogens (tertiary/aromatic N) is 2. The van der Waals surface area contributed by atoms with Gasteiger partial charge in [0, 0.05) is 11.6 Å². The number of carbonyl (C=O) groups is 1. The Bertz CT molecular complexity index is 1140. The van der Waals surface area contributed by atoms with Crippen LogP contribution in [-0.2, 0) is 6.54 Å². The van der Waals surface area contributed by atoms with Gasteiger partial charge in [-0.15, -0.1) is 0 Å². The molecule has 7 nitrogen and oxygen atoms in total. The lowest BCUT2D eigenvalue weighted by atomic mass is 10.2. The quantitative estimate of drug-likeness (QED) is 0.611. The monoisotopic (exact) mass is 349 g/mol. The van der Waals surface area contributed by atoms with Crippen LogP contribution < -0.4 is 11.1 Å². The maximum absolute atomic E-state index is 12.4. The Labute approximate surface area is 147 Å². The fourth-order valence-electron chi connectivity index (χ4n) is 2.73. The zero-order chi connectivity index (χ0) is 18.1. The van der Waals surface area contributed by atoms with Crippen LogP contribution in [0, 0.1) is 6.92 Å². The first-order valence-corrected chi connectivity index (χ1v) is 8.02. The van der Waals surface area contributed by atoms with Crippen LogP contribution in [0.3, 0.4) is 0 Å². The van der Waals surface area contributed by atoms with E-state index in [1.54, 1.807) is 31.2 Å². The van der Waals surface area contributed by atoms with Crippen LogP contribution in [0.5, 0.6) is 0 Å². The Balaban J connectivity index is 1.68. The minimum atomic E-state index is -0.464. The Morgan fingerprint density at radius 2 is 1.96 bits per heavy atom. The van der Waals surface area contributed by atoms with E-state index < -0.39 is 5.76 Å². The summed E-state index contributed by atoms with van der Waals surface area (Å²) in [5.41, 5.74) is 2.34. The number of hydrogen-bond acceptors (Lipinski definition) is 5. The summed E-state index contributed by atoms with van der Waals surface area (Å²) >= 11 is 0. The fourth-order valence-corrected chi connectivity index (χ4v) is 2.73.